The van der Waals surface area contributed by atoms with Crippen molar-refractivity contribution in [1.29, 1.82) is 0 Å². The number of hydrogen-bond acceptors (Lipinski definition) is 4. The summed E-state index contributed by atoms with van der Waals surface area (Å²) in [6, 6.07) is 3.71. The van der Waals surface area contributed by atoms with Crippen LogP contribution in [0.25, 0.3) is 11.2 Å². The van der Waals surface area contributed by atoms with Gasteiger partial charge in [0.2, 0.25) is 0 Å². The van der Waals surface area contributed by atoms with E-state index in [1.165, 1.54) is 4.88 Å². The van der Waals surface area contributed by atoms with E-state index in [9.17, 15) is 4.79 Å². The van der Waals surface area contributed by atoms with E-state index in [1.807, 2.05) is 17.7 Å². The fourth-order valence-electron chi connectivity index (χ4n) is 3.12. The largest absolute Gasteiger partial charge is 0.345 e. The van der Waals surface area contributed by atoms with E-state index in [-0.39, 0.29) is 11.9 Å². The minimum atomic E-state index is -0.115. The molecule has 0 radical (unpaired) electrons. The SMILES string of the molecule is Cn1cnc2c(C(=O)NC3CCCc4sc(Cl)cc43)ccnc21. The highest BCUT2D eigenvalue weighted by molar-refractivity contribution is 7.16. The number of aryl methyl sites for hydroxylation is 2. The fourth-order valence-corrected chi connectivity index (χ4v) is 4.50. The highest BCUT2D eigenvalue weighted by atomic mass is 35.5. The van der Waals surface area contributed by atoms with Crippen LogP contribution >= 0.6 is 22.9 Å². The van der Waals surface area contributed by atoms with Gasteiger partial charge in [0.05, 0.1) is 22.3 Å². The molecule has 5 nitrogen and oxygen atoms in total. The lowest BCUT2D eigenvalue weighted by Crippen LogP contribution is -2.30. The van der Waals surface area contributed by atoms with E-state index in [1.54, 1.807) is 29.9 Å². The maximum Gasteiger partial charge on any atom is 0.254 e. The highest BCUT2D eigenvalue weighted by Crippen LogP contribution is 2.38. The monoisotopic (exact) mass is 346 g/mol. The maximum atomic E-state index is 12.7. The minimum Gasteiger partial charge on any atom is -0.345 e. The van der Waals surface area contributed by atoms with Gasteiger partial charge in [-0.15, -0.1) is 11.3 Å². The first-order valence-electron chi connectivity index (χ1n) is 7.48. The lowest BCUT2D eigenvalue weighted by atomic mass is 9.94. The first-order chi connectivity index (χ1) is 11.1. The molecule has 1 aliphatic carbocycles. The highest BCUT2D eigenvalue weighted by Gasteiger charge is 2.25. The van der Waals surface area contributed by atoms with Gasteiger partial charge in [0.15, 0.2) is 5.65 Å². The first-order valence-corrected chi connectivity index (χ1v) is 8.68. The Kier molecular flexibility index (Phi) is 3.58. The molecule has 3 aromatic rings. The van der Waals surface area contributed by atoms with Crippen LogP contribution in [0.5, 0.6) is 0 Å². The van der Waals surface area contributed by atoms with Crippen LogP contribution in [0, 0.1) is 0 Å². The van der Waals surface area contributed by atoms with E-state index in [2.05, 4.69) is 15.3 Å². The van der Waals surface area contributed by atoms with Crippen molar-refractivity contribution in [1.82, 2.24) is 19.9 Å². The first kappa shape index (κ1) is 14.7. The number of thiophene rings is 1. The van der Waals surface area contributed by atoms with Crippen molar-refractivity contribution >= 4 is 40.0 Å². The van der Waals surface area contributed by atoms with Crippen LogP contribution in [-0.2, 0) is 13.5 Å². The van der Waals surface area contributed by atoms with Crippen LogP contribution in [0.4, 0.5) is 0 Å². The van der Waals surface area contributed by atoms with Gasteiger partial charge < -0.3 is 9.88 Å². The van der Waals surface area contributed by atoms with Gasteiger partial charge in [0, 0.05) is 18.1 Å². The standard InChI is InChI=1S/C16H15ClN4OS/c1-21-8-19-14-9(5-6-18-15(14)21)16(22)20-11-3-2-4-12-10(11)7-13(17)23-12/h5-8,11H,2-4H2,1H3,(H,20,22). The molecule has 1 atom stereocenters. The van der Waals surface area contributed by atoms with Crippen molar-refractivity contribution in [2.45, 2.75) is 25.3 Å². The topological polar surface area (TPSA) is 59.8 Å². The second kappa shape index (κ2) is 5.62. The Bertz CT molecular complexity index is 901. The van der Waals surface area contributed by atoms with Gasteiger partial charge in [-0.1, -0.05) is 11.6 Å². The zero-order valence-corrected chi connectivity index (χ0v) is 14.1. The van der Waals surface area contributed by atoms with Gasteiger partial charge in [0.1, 0.15) is 5.52 Å². The van der Waals surface area contributed by atoms with E-state index >= 15 is 0 Å². The van der Waals surface area contributed by atoms with Crippen LogP contribution in [-0.4, -0.2) is 20.4 Å². The number of imidazole rings is 1. The predicted molar refractivity (Wildman–Crippen MR) is 91.0 cm³/mol. The predicted octanol–water partition coefficient (Wildman–Crippen LogP) is 3.49. The van der Waals surface area contributed by atoms with Crippen LogP contribution < -0.4 is 5.32 Å². The molecule has 0 saturated heterocycles. The van der Waals surface area contributed by atoms with E-state index in [0.717, 1.165) is 29.2 Å². The van der Waals surface area contributed by atoms with Crippen LogP contribution in [0.2, 0.25) is 4.34 Å². The molecule has 1 unspecified atom stereocenters. The summed E-state index contributed by atoms with van der Waals surface area (Å²) in [4.78, 5) is 22.6. The van der Waals surface area contributed by atoms with Crippen molar-refractivity contribution in [3.63, 3.8) is 0 Å². The van der Waals surface area contributed by atoms with Gasteiger partial charge in [-0.05, 0) is 37.0 Å². The normalized spacial score (nSPS) is 17.2. The summed E-state index contributed by atoms with van der Waals surface area (Å²) in [7, 11) is 1.87. The number of hydrogen-bond donors (Lipinski definition) is 1. The quantitative estimate of drug-likeness (QED) is 0.772. The summed E-state index contributed by atoms with van der Waals surface area (Å²) in [6.07, 6.45) is 6.35. The molecule has 0 bridgehead atoms. The number of carbonyl (C=O) groups is 1. The van der Waals surface area contributed by atoms with E-state index in [0.29, 0.717) is 16.7 Å². The van der Waals surface area contributed by atoms with Crippen LogP contribution in [0.3, 0.4) is 0 Å². The molecule has 1 N–H and O–H groups in total. The number of carbonyl (C=O) groups excluding carboxylic acids is 1. The smallest absolute Gasteiger partial charge is 0.254 e. The third kappa shape index (κ3) is 2.52. The fraction of sp³-hybridized carbons (Fsp3) is 0.312. The summed E-state index contributed by atoms with van der Waals surface area (Å²) in [6.45, 7) is 0. The molecule has 118 valence electrons. The van der Waals surface area contributed by atoms with Crippen LogP contribution in [0.15, 0.2) is 24.7 Å². The molecule has 3 aromatic heterocycles. The zero-order valence-electron chi connectivity index (χ0n) is 12.5. The Balaban J connectivity index is 1.65. The number of rotatable bonds is 2. The maximum absolute atomic E-state index is 12.7. The van der Waals surface area contributed by atoms with Crippen molar-refractivity contribution in [3.8, 4) is 0 Å². The third-order valence-corrected chi connectivity index (χ3v) is 5.57. The Labute approximate surface area is 142 Å². The molecular weight excluding hydrogens is 332 g/mol. The summed E-state index contributed by atoms with van der Waals surface area (Å²) >= 11 is 7.75. The molecule has 7 heteroatoms. The number of fused-ring (bicyclic) bond motifs is 2. The number of aromatic nitrogens is 3. The van der Waals surface area contributed by atoms with Crippen molar-refractivity contribution in [3.05, 3.63) is 45.0 Å². The molecule has 0 aromatic carbocycles. The summed E-state index contributed by atoms with van der Waals surface area (Å²) < 4.78 is 2.59. The number of halogens is 1. The average Bonchev–Trinajstić information content (AvgIpc) is 3.10. The molecule has 1 amide bonds. The van der Waals surface area contributed by atoms with Gasteiger partial charge in [-0.25, -0.2) is 9.97 Å². The van der Waals surface area contributed by atoms with Crippen molar-refractivity contribution < 1.29 is 4.79 Å². The van der Waals surface area contributed by atoms with Crippen molar-refractivity contribution in [2.75, 3.05) is 0 Å². The number of pyridine rings is 1. The molecule has 0 fully saturated rings. The number of nitrogens with one attached hydrogen (secondary N) is 1. The van der Waals surface area contributed by atoms with E-state index < -0.39 is 0 Å². The van der Waals surface area contributed by atoms with Gasteiger partial charge in [-0.3, -0.25) is 4.79 Å². The Morgan fingerprint density at radius 1 is 1.48 bits per heavy atom. The summed E-state index contributed by atoms with van der Waals surface area (Å²) in [5.41, 5.74) is 3.06. The molecule has 23 heavy (non-hydrogen) atoms. The lowest BCUT2D eigenvalue weighted by Gasteiger charge is -2.23. The number of amides is 1. The number of nitrogens with zero attached hydrogens (tertiary/aromatic N) is 3. The molecule has 0 spiro atoms. The molecule has 3 heterocycles. The lowest BCUT2D eigenvalue weighted by molar-refractivity contribution is 0.0934. The third-order valence-electron chi connectivity index (χ3n) is 4.23. The summed E-state index contributed by atoms with van der Waals surface area (Å²) in [5.74, 6) is -0.115. The summed E-state index contributed by atoms with van der Waals surface area (Å²) in [5, 5.41) is 3.14. The Morgan fingerprint density at radius 2 is 2.35 bits per heavy atom. The van der Waals surface area contributed by atoms with Gasteiger partial charge >= 0.3 is 0 Å². The Morgan fingerprint density at radius 3 is 3.22 bits per heavy atom. The molecular formula is C16H15ClN4OS. The van der Waals surface area contributed by atoms with Crippen LogP contribution in [0.1, 0.15) is 39.7 Å². The Hall–Kier alpha value is -1.92. The van der Waals surface area contributed by atoms with Crippen molar-refractivity contribution in [2.24, 2.45) is 7.05 Å². The van der Waals surface area contributed by atoms with E-state index in [4.69, 9.17) is 11.6 Å². The minimum absolute atomic E-state index is 0.0157. The second-order valence-corrected chi connectivity index (χ2v) is 7.50. The molecule has 1 aliphatic rings. The average molecular weight is 347 g/mol. The molecule has 4 rings (SSSR count). The molecule has 0 saturated carbocycles. The second-order valence-electron chi connectivity index (χ2n) is 5.73. The van der Waals surface area contributed by atoms with Gasteiger partial charge in [-0.2, -0.15) is 0 Å². The molecule has 0 aliphatic heterocycles. The van der Waals surface area contributed by atoms with Gasteiger partial charge in [0.25, 0.3) is 5.91 Å². The zero-order chi connectivity index (χ0) is 16.0.